The van der Waals surface area contributed by atoms with Gasteiger partial charge < -0.3 is 5.32 Å². The van der Waals surface area contributed by atoms with Crippen LogP contribution in [-0.2, 0) is 4.79 Å². The van der Waals surface area contributed by atoms with Crippen molar-refractivity contribution in [3.8, 4) is 0 Å². The topological polar surface area (TPSA) is 70.6 Å². The SMILES string of the molecule is CC(=O)Nc1ccc(C(=O)N/N=C/c2ccc3ccccc3c2)cc1. The first-order valence-electron chi connectivity index (χ1n) is 7.82. The third-order valence-corrected chi connectivity index (χ3v) is 3.62. The van der Waals surface area contributed by atoms with Gasteiger partial charge in [-0.2, -0.15) is 5.10 Å². The zero-order chi connectivity index (χ0) is 17.6. The van der Waals surface area contributed by atoms with Crippen molar-refractivity contribution in [3.63, 3.8) is 0 Å². The normalized spacial score (nSPS) is 10.8. The summed E-state index contributed by atoms with van der Waals surface area (Å²) in [6, 6.07) is 20.6. The minimum absolute atomic E-state index is 0.155. The fourth-order valence-electron chi connectivity index (χ4n) is 2.43. The second kappa shape index (κ2) is 7.40. The molecular formula is C20H17N3O2. The number of hydrogen-bond acceptors (Lipinski definition) is 3. The minimum Gasteiger partial charge on any atom is -0.326 e. The fraction of sp³-hybridized carbons (Fsp3) is 0.0500. The summed E-state index contributed by atoms with van der Waals surface area (Å²) in [6.07, 6.45) is 1.61. The van der Waals surface area contributed by atoms with Crippen LogP contribution < -0.4 is 10.7 Å². The van der Waals surface area contributed by atoms with Crippen LogP contribution in [-0.4, -0.2) is 18.0 Å². The van der Waals surface area contributed by atoms with Crippen molar-refractivity contribution in [2.45, 2.75) is 6.92 Å². The molecule has 0 bridgehead atoms. The molecule has 0 aliphatic carbocycles. The van der Waals surface area contributed by atoms with Crippen molar-refractivity contribution < 1.29 is 9.59 Å². The highest BCUT2D eigenvalue weighted by Gasteiger charge is 2.04. The molecule has 0 radical (unpaired) electrons. The molecular weight excluding hydrogens is 314 g/mol. The molecule has 124 valence electrons. The van der Waals surface area contributed by atoms with E-state index in [-0.39, 0.29) is 11.8 Å². The molecule has 2 amide bonds. The second-order valence-electron chi connectivity index (χ2n) is 5.56. The highest BCUT2D eigenvalue weighted by molar-refractivity contribution is 5.96. The molecule has 0 unspecified atom stereocenters. The number of nitrogens with zero attached hydrogens (tertiary/aromatic N) is 1. The molecule has 0 saturated heterocycles. The van der Waals surface area contributed by atoms with E-state index in [0.29, 0.717) is 11.3 Å². The second-order valence-corrected chi connectivity index (χ2v) is 5.56. The van der Waals surface area contributed by atoms with Crippen LogP contribution in [0.3, 0.4) is 0 Å². The maximum Gasteiger partial charge on any atom is 0.271 e. The molecule has 3 aromatic rings. The van der Waals surface area contributed by atoms with Crippen molar-refractivity contribution >= 4 is 34.5 Å². The zero-order valence-corrected chi connectivity index (χ0v) is 13.7. The van der Waals surface area contributed by atoms with Crippen LogP contribution in [0.2, 0.25) is 0 Å². The molecule has 25 heavy (non-hydrogen) atoms. The molecule has 0 aliphatic rings. The van der Waals surface area contributed by atoms with E-state index in [1.807, 2.05) is 42.5 Å². The Hall–Kier alpha value is -3.47. The van der Waals surface area contributed by atoms with Crippen LogP contribution in [0.4, 0.5) is 5.69 Å². The number of amides is 2. The molecule has 0 saturated carbocycles. The molecule has 0 heterocycles. The van der Waals surface area contributed by atoms with E-state index in [1.54, 1.807) is 30.5 Å². The van der Waals surface area contributed by atoms with E-state index >= 15 is 0 Å². The van der Waals surface area contributed by atoms with Gasteiger partial charge in [0.05, 0.1) is 6.21 Å². The van der Waals surface area contributed by atoms with E-state index < -0.39 is 0 Å². The Morgan fingerprint density at radius 3 is 2.36 bits per heavy atom. The number of hydrogen-bond donors (Lipinski definition) is 2. The predicted molar refractivity (Wildman–Crippen MR) is 99.8 cm³/mol. The van der Waals surface area contributed by atoms with Crippen molar-refractivity contribution in [2.24, 2.45) is 5.10 Å². The zero-order valence-electron chi connectivity index (χ0n) is 13.7. The van der Waals surface area contributed by atoms with Gasteiger partial charge in [0.2, 0.25) is 5.91 Å². The summed E-state index contributed by atoms with van der Waals surface area (Å²) < 4.78 is 0. The molecule has 5 heteroatoms. The number of rotatable bonds is 4. The summed E-state index contributed by atoms with van der Waals surface area (Å²) in [7, 11) is 0. The van der Waals surface area contributed by atoms with Gasteiger partial charge in [-0.15, -0.1) is 0 Å². The quantitative estimate of drug-likeness (QED) is 0.567. The summed E-state index contributed by atoms with van der Waals surface area (Å²) in [4.78, 5) is 23.0. The fourth-order valence-corrected chi connectivity index (χ4v) is 2.43. The maximum absolute atomic E-state index is 12.1. The van der Waals surface area contributed by atoms with E-state index in [4.69, 9.17) is 0 Å². The van der Waals surface area contributed by atoms with Gasteiger partial charge in [-0.1, -0.05) is 36.4 Å². The molecule has 3 rings (SSSR count). The monoisotopic (exact) mass is 331 g/mol. The van der Waals surface area contributed by atoms with Gasteiger partial charge in [0.1, 0.15) is 0 Å². The van der Waals surface area contributed by atoms with Gasteiger partial charge in [0.25, 0.3) is 5.91 Å². The van der Waals surface area contributed by atoms with Crippen LogP contribution in [0.25, 0.3) is 10.8 Å². The molecule has 2 N–H and O–H groups in total. The van der Waals surface area contributed by atoms with E-state index in [1.165, 1.54) is 6.92 Å². The lowest BCUT2D eigenvalue weighted by Crippen LogP contribution is -2.17. The molecule has 0 fully saturated rings. The largest absolute Gasteiger partial charge is 0.326 e. The molecule has 0 aromatic heterocycles. The molecule has 0 aliphatic heterocycles. The summed E-state index contributed by atoms with van der Waals surface area (Å²) >= 11 is 0. The summed E-state index contributed by atoms with van der Waals surface area (Å²) in [5, 5.41) is 8.92. The maximum atomic E-state index is 12.1. The Bertz CT molecular complexity index is 947. The Labute approximate surface area is 145 Å². The van der Waals surface area contributed by atoms with Crippen molar-refractivity contribution in [3.05, 3.63) is 77.9 Å². The highest BCUT2D eigenvalue weighted by atomic mass is 16.2. The average Bonchev–Trinajstić information content (AvgIpc) is 2.61. The lowest BCUT2D eigenvalue weighted by Gasteiger charge is -2.03. The number of anilines is 1. The third kappa shape index (κ3) is 4.29. The van der Waals surface area contributed by atoms with Gasteiger partial charge in [0, 0.05) is 18.2 Å². The Morgan fingerprint density at radius 2 is 1.64 bits per heavy atom. The molecule has 5 nitrogen and oxygen atoms in total. The van der Waals surface area contributed by atoms with E-state index in [2.05, 4.69) is 15.8 Å². The average molecular weight is 331 g/mol. The predicted octanol–water partition coefficient (Wildman–Crippen LogP) is 3.56. The van der Waals surface area contributed by atoms with Gasteiger partial charge in [-0.3, -0.25) is 9.59 Å². The number of fused-ring (bicyclic) bond motifs is 1. The summed E-state index contributed by atoms with van der Waals surface area (Å²) in [5.41, 5.74) is 4.51. The Kier molecular flexibility index (Phi) is 4.85. The van der Waals surface area contributed by atoms with Crippen LogP contribution >= 0.6 is 0 Å². The minimum atomic E-state index is -0.314. The smallest absolute Gasteiger partial charge is 0.271 e. The van der Waals surface area contributed by atoms with Gasteiger partial charge in [-0.25, -0.2) is 5.43 Å². The lowest BCUT2D eigenvalue weighted by atomic mass is 10.1. The van der Waals surface area contributed by atoms with Crippen LogP contribution in [0.15, 0.2) is 71.8 Å². The lowest BCUT2D eigenvalue weighted by molar-refractivity contribution is -0.114. The van der Waals surface area contributed by atoms with Gasteiger partial charge in [-0.05, 0) is 46.7 Å². The Balaban J connectivity index is 1.64. The summed E-state index contributed by atoms with van der Waals surface area (Å²) in [6.45, 7) is 1.43. The number of benzene rings is 3. The van der Waals surface area contributed by atoms with Crippen molar-refractivity contribution in [1.29, 1.82) is 0 Å². The number of carbonyl (C=O) groups is 2. The molecule has 0 spiro atoms. The van der Waals surface area contributed by atoms with Crippen LogP contribution in [0.1, 0.15) is 22.8 Å². The molecule has 3 aromatic carbocycles. The Morgan fingerprint density at radius 1 is 0.920 bits per heavy atom. The first-order valence-corrected chi connectivity index (χ1v) is 7.82. The van der Waals surface area contributed by atoms with E-state index in [0.717, 1.165) is 16.3 Å². The molecule has 0 atom stereocenters. The standard InChI is InChI=1S/C20H17N3O2/c1-14(24)22-19-10-8-17(9-11-19)20(25)23-21-13-15-6-7-16-4-2-3-5-18(16)12-15/h2-13H,1H3,(H,22,24)(H,23,25)/b21-13+. The van der Waals surface area contributed by atoms with E-state index in [9.17, 15) is 9.59 Å². The summed E-state index contributed by atoms with van der Waals surface area (Å²) in [5.74, 6) is -0.469. The van der Waals surface area contributed by atoms with Crippen molar-refractivity contribution in [1.82, 2.24) is 5.43 Å². The number of hydrazone groups is 1. The first kappa shape index (κ1) is 16.4. The van der Waals surface area contributed by atoms with Gasteiger partial charge in [0.15, 0.2) is 0 Å². The first-order chi connectivity index (χ1) is 12.1. The number of carbonyl (C=O) groups excluding carboxylic acids is 2. The third-order valence-electron chi connectivity index (χ3n) is 3.62. The van der Waals surface area contributed by atoms with Gasteiger partial charge >= 0.3 is 0 Å². The van der Waals surface area contributed by atoms with Crippen molar-refractivity contribution in [2.75, 3.05) is 5.32 Å². The number of nitrogens with one attached hydrogen (secondary N) is 2. The van der Waals surface area contributed by atoms with Crippen LogP contribution in [0, 0.1) is 0 Å². The highest BCUT2D eigenvalue weighted by Crippen LogP contribution is 2.14. The van der Waals surface area contributed by atoms with Crippen LogP contribution in [0.5, 0.6) is 0 Å².